The quantitative estimate of drug-likeness (QED) is 0.321. The van der Waals surface area contributed by atoms with Crippen molar-refractivity contribution in [2.75, 3.05) is 26.3 Å². The van der Waals surface area contributed by atoms with Crippen LogP contribution in [0.5, 0.6) is 11.5 Å². The molecule has 7 heteroatoms. The first kappa shape index (κ1) is 26.6. The molecular weight excluding hydrogens is 525 g/mol. The van der Waals surface area contributed by atoms with Gasteiger partial charge in [-0.15, -0.1) is 0 Å². The summed E-state index contributed by atoms with van der Waals surface area (Å²) in [5.74, 6) is 1.57. The first-order chi connectivity index (χ1) is 19.5. The maximum Gasteiger partial charge on any atom is 0.126 e. The van der Waals surface area contributed by atoms with Gasteiger partial charge in [-0.05, 0) is 96.3 Å². The molecule has 0 bridgehead atoms. The number of phenolic OH excluding ortho intramolecular Hbond substituents is 1. The number of nitrogens with two attached hydrogens (primary N) is 1. The third-order valence-corrected chi connectivity index (χ3v) is 8.18. The van der Waals surface area contributed by atoms with Gasteiger partial charge in [0.2, 0.25) is 0 Å². The average Bonchev–Trinajstić information content (AvgIpc) is 3.29. The van der Waals surface area contributed by atoms with Crippen molar-refractivity contribution in [3.8, 4) is 11.5 Å². The van der Waals surface area contributed by atoms with E-state index >= 15 is 0 Å². The summed E-state index contributed by atoms with van der Waals surface area (Å²) >= 11 is 6.19. The van der Waals surface area contributed by atoms with Crippen LogP contribution in [0.15, 0.2) is 77.6 Å². The number of rotatable bonds is 8. The molecule has 1 atom stereocenters. The normalized spacial score (nSPS) is 19.0. The van der Waals surface area contributed by atoms with E-state index in [0.29, 0.717) is 17.3 Å². The Kier molecular flexibility index (Phi) is 7.63. The number of hydrogen-bond acceptors (Lipinski definition) is 5. The summed E-state index contributed by atoms with van der Waals surface area (Å²) in [7, 11) is 0. The molecule has 2 heterocycles. The molecule has 3 N–H and O–H groups in total. The van der Waals surface area contributed by atoms with E-state index in [9.17, 15) is 9.50 Å². The van der Waals surface area contributed by atoms with Gasteiger partial charge in [-0.3, -0.25) is 9.29 Å². The number of ether oxygens (including phenoxy) is 1. The van der Waals surface area contributed by atoms with Gasteiger partial charge in [-0.25, -0.2) is 4.99 Å². The van der Waals surface area contributed by atoms with Crippen molar-refractivity contribution >= 4 is 28.5 Å². The molecule has 1 fully saturated rings. The minimum atomic E-state index is -0.278. The standard InChI is InChI=1S/C33H33ClFN3O2/c34-24-8-12-28(31(39)18-24)29-4-1-3-22-17-23(30-19-32(36)37-30)7-11-27(22)33(29)21-5-9-25(10-6-21)40-26-13-16-38(20-26)15-2-14-35/h5-12,17-19,26,39H,1-4,13-16,20H2,(H2,36,37). The van der Waals surface area contributed by atoms with E-state index in [-0.39, 0.29) is 18.5 Å². The molecule has 1 saturated heterocycles. The van der Waals surface area contributed by atoms with E-state index in [1.54, 1.807) is 6.07 Å². The fourth-order valence-corrected chi connectivity index (χ4v) is 6.17. The largest absolute Gasteiger partial charge is 0.507 e. The summed E-state index contributed by atoms with van der Waals surface area (Å²) in [5, 5.41) is 11.4. The number of aryl methyl sites for hydroxylation is 1. The Morgan fingerprint density at radius 2 is 1.80 bits per heavy atom. The SMILES string of the molecule is NC1=CC(c2ccc3c(c2)CCCC(c2ccc(Cl)cc2O)=C3c2ccc(OC3CCN(CCCF)C3)cc2)=N1. The highest BCUT2D eigenvalue weighted by Crippen LogP contribution is 2.43. The zero-order valence-electron chi connectivity index (χ0n) is 22.4. The number of aromatic hydroxyl groups is 1. The summed E-state index contributed by atoms with van der Waals surface area (Å²) in [4.78, 5) is 6.63. The van der Waals surface area contributed by atoms with E-state index in [0.717, 1.165) is 90.2 Å². The number of phenols is 1. The molecular formula is C33H33ClFN3O2. The molecule has 3 aliphatic rings. The molecule has 3 aromatic rings. The second-order valence-electron chi connectivity index (χ2n) is 10.7. The van der Waals surface area contributed by atoms with Crippen molar-refractivity contribution in [1.82, 2.24) is 4.90 Å². The van der Waals surface area contributed by atoms with Crippen molar-refractivity contribution in [3.63, 3.8) is 0 Å². The molecule has 0 amide bonds. The Morgan fingerprint density at radius 1 is 1.02 bits per heavy atom. The first-order valence-corrected chi connectivity index (χ1v) is 14.3. The molecule has 6 rings (SSSR count). The highest BCUT2D eigenvalue weighted by Gasteiger charge is 2.25. The Labute approximate surface area is 239 Å². The number of fused-ring (bicyclic) bond motifs is 1. The number of nitrogens with zero attached hydrogens (tertiary/aromatic N) is 2. The molecule has 0 spiro atoms. The van der Waals surface area contributed by atoms with Gasteiger partial charge in [0.05, 0.1) is 12.4 Å². The van der Waals surface area contributed by atoms with Gasteiger partial charge in [0.25, 0.3) is 0 Å². The Balaban J connectivity index is 1.35. The van der Waals surface area contributed by atoms with Crippen LogP contribution in [0.2, 0.25) is 5.02 Å². The number of alkyl halides is 1. The van der Waals surface area contributed by atoms with E-state index < -0.39 is 0 Å². The molecule has 1 unspecified atom stereocenters. The van der Waals surface area contributed by atoms with Crippen LogP contribution in [-0.4, -0.2) is 48.1 Å². The van der Waals surface area contributed by atoms with Crippen LogP contribution in [0.3, 0.4) is 0 Å². The number of benzene rings is 3. The van der Waals surface area contributed by atoms with Gasteiger partial charge >= 0.3 is 0 Å². The number of aliphatic imine (C=N–C) groups is 1. The predicted octanol–water partition coefficient (Wildman–Crippen LogP) is 6.76. The third-order valence-electron chi connectivity index (χ3n) is 7.95. The number of allylic oxidation sites excluding steroid dienone is 2. The monoisotopic (exact) mass is 557 g/mol. The highest BCUT2D eigenvalue weighted by molar-refractivity contribution is 6.30. The lowest BCUT2D eigenvalue weighted by atomic mass is 9.86. The Morgan fingerprint density at radius 3 is 2.55 bits per heavy atom. The van der Waals surface area contributed by atoms with E-state index in [1.807, 2.05) is 30.3 Å². The van der Waals surface area contributed by atoms with Crippen LogP contribution in [0.4, 0.5) is 4.39 Å². The maximum absolute atomic E-state index is 12.6. The zero-order chi connectivity index (χ0) is 27.6. The first-order valence-electron chi connectivity index (χ1n) is 14.0. The molecule has 5 nitrogen and oxygen atoms in total. The maximum atomic E-state index is 12.6. The van der Waals surface area contributed by atoms with Crippen LogP contribution in [0, 0.1) is 0 Å². The molecule has 0 radical (unpaired) electrons. The lowest BCUT2D eigenvalue weighted by molar-refractivity contribution is 0.198. The van der Waals surface area contributed by atoms with Gasteiger partial charge in [-0.1, -0.05) is 35.9 Å². The van der Waals surface area contributed by atoms with Gasteiger partial charge < -0.3 is 15.6 Å². The highest BCUT2D eigenvalue weighted by atomic mass is 35.5. The number of hydrogen-bond donors (Lipinski definition) is 2. The zero-order valence-corrected chi connectivity index (χ0v) is 23.1. The fraction of sp³-hybridized carbons (Fsp3) is 0.303. The van der Waals surface area contributed by atoms with Crippen molar-refractivity contribution < 1.29 is 14.2 Å². The van der Waals surface area contributed by atoms with Crippen LogP contribution in [0.1, 0.15) is 53.5 Å². The lowest BCUT2D eigenvalue weighted by Gasteiger charge is -2.20. The summed E-state index contributed by atoms with van der Waals surface area (Å²) in [5.41, 5.74) is 14.2. The van der Waals surface area contributed by atoms with Crippen molar-refractivity contribution in [1.29, 1.82) is 0 Å². The summed E-state index contributed by atoms with van der Waals surface area (Å²) in [6, 6.07) is 20.1. The van der Waals surface area contributed by atoms with Gasteiger partial charge in [0, 0.05) is 41.9 Å². The number of likely N-dealkylation sites (tertiary alicyclic amines) is 1. The Bertz CT molecular complexity index is 1510. The molecule has 3 aromatic carbocycles. The second-order valence-corrected chi connectivity index (χ2v) is 11.1. The minimum absolute atomic E-state index is 0.112. The topological polar surface area (TPSA) is 71.1 Å². The van der Waals surface area contributed by atoms with Gasteiger partial charge in [0.15, 0.2) is 0 Å². The Hall–Kier alpha value is -3.61. The minimum Gasteiger partial charge on any atom is -0.507 e. The van der Waals surface area contributed by atoms with Crippen LogP contribution < -0.4 is 10.5 Å². The van der Waals surface area contributed by atoms with Crippen molar-refractivity contribution in [2.24, 2.45) is 10.7 Å². The molecule has 206 valence electrons. The van der Waals surface area contributed by atoms with Crippen LogP contribution in [-0.2, 0) is 6.42 Å². The summed E-state index contributed by atoms with van der Waals surface area (Å²) < 4.78 is 18.9. The molecule has 1 aliphatic carbocycles. The second kappa shape index (κ2) is 11.5. The summed E-state index contributed by atoms with van der Waals surface area (Å²) in [6.45, 7) is 2.27. The van der Waals surface area contributed by atoms with Crippen LogP contribution >= 0.6 is 11.6 Å². The molecule has 0 aromatic heterocycles. The predicted molar refractivity (Wildman–Crippen MR) is 160 cm³/mol. The molecule has 0 saturated carbocycles. The fourth-order valence-electron chi connectivity index (χ4n) is 6.00. The van der Waals surface area contributed by atoms with Gasteiger partial charge in [-0.2, -0.15) is 0 Å². The van der Waals surface area contributed by atoms with Crippen molar-refractivity contribution in [2.45, 2.75) is 38.2 Å². The van der Waals surface area contributed by atoms with Crippen LogP contribution in [0.25, 0.3) is 11.1 Å². The molecule has 2 aliphatic heterocycles. The third kappa shape index (κ3) is 5.51. The molecule has 40 heavy (non-hydrogen) atoms. The smallest absolute Gasteiger partial charge is 0.126 e. The lowest BCUT2D eigenvalue weighted by Crippen LogP contribution is -2.26. The van der Waals surface area contributed by atoms with E-state index in [2.05, 4.69) is 40.2 Å². The average molecular weight is 558 g/mol. The van der Waals surface area contributed by atoms with Crippen molar-refractivity contribution in [3.05, 3.63) is 105 Å². The summed E-state index contributed by atoms with van der Waals surface area (Å²) in [6.07, 6.45) is 6.21. The number of halogens is 2. The van der Waals surface area contributed by atoms with Gasteiger partial charge in [0.1, 0.15) is 23.4 Å². The van der Waals surface area contributed by atoms with E-state index in [4.69, 9.17) is 22.1 Å². The van der Waals surface area contributed by atoms with E-state index in [1.165, 1.54) is 5.56 Å².